The van der Waals surface area contributed by atoms with Gasteiger partial charge in [0.2, 0.25) is 0 Å². The summed E-state index contributed by atoms with van der Waals surface area (Å²) in [6.07, 6.45) is 1.29. The summed E-state index contributed by atoms with van der Waals surface area (Å²) in [5.74, 6) is 0. The molecule has 0 amide bonds. The van der Waals surface area contributed by atoms with Gasteiger partial charge in [0.05, 0.1) is 0 Å². The molecule has 0 bridgehead atoms. The third-order valence-electron chi connectivity index (χ3n) is 0.738. The number of aliphatic hydroxyl groups is 1. The van der Waals surface area contributed by atoms with Gasteiger partial charge in [-0.05, 0) is 0 Å². The van der Waals surface area contributed by atoms with Gasteiger partial charge in [0.1, 0.15) is 0 Å². The van der Waals surface area contributed by atoms with Crippen molar-refractivity contribution in [1.82, 2.24) is 0 Å². The van der Waals surface area contributed by atoms with Crippen LogP contribution in [0.5, 0.6) is 0 Å². The Labute approximate surface area is 63.7 Å². The summed E-state index contributed by atoms with van der Waals surface area (Å²) >= 11 is 2.71. The molecule has 0 unspecified atom stereocenters. The Bertz CT molecular complexity index is 75.5. The van der Waals surface area contributed by atoms with E-state index in [1.807, 2.05) is 0 Å². The molecule has 1 N–H and O–H groups in total. The molecule has 3 heteroatoms. The first kappa shape index (κ1) is 9.18. The van der Waals surface area contributed by atoms with E-state index in [0.29, 0.717) is 18.5 Å². The van der Waals surface area contributed by atoms with Gasteiger partial charge in [0.25, 0.3) is 0 Å². The Morgan fingerprint density at radius 1 is 1.78 bits per heavy atom. The Morgan fingerprint density at radius 2 is 2.44 bits per heavy atom. The van der Waals surface area contributed by atoms with Gasteiger partial charge in [-0.2, -0.15) is 0 Å². The number of aliphatic hydroxyl groups excluding tert-OH is 1. The molecule has 0 rings (SSSR count). The fourth-order valence-electron chi connectivity index (χ4n) is 0.336. The molecular weight excluding hydrogens is 183 g/mol. The average molecular weight is 194 g/mol. The van der Waals surface area contributed by atoms with Crippen LogP contribution in [0.25, 0.3) is 0 Å². The maximum atomic E-state index is 8.89. The van der Waals surface area contributed by atoms with Gasteiger partial charge in [-0.1, -0.05) is 0 Å². The molecule has 9 heavy (non-hydrogen) atoms. The molecule has 0 heterocycles. The molecule has 0 aliphatic carbocycles. The van der Waals surface area contributed by atoms with Crippen LogP contribution in [-0.4, -0.2) is 40.4 Å². The fraction of sp³-hybridized carbons (Fsp3) is 0.667. The standard InChI is InChI=1S/C6H11O2Se/c1-2-3-8-4-6(7)5-9/h2,6-7H,1,3-5H2/t6-/m1/s1. The van der Waals surface area contributed by atoms with Crippen LogP contribution < -0.4 is 0 Å². The van der Waals surface area contributed by atoms with E-state index in [0.717, 1.165) is 0 Å². The molecular formula is C6H11O2Se. The minimum atomic E-state index is -0.370. The predicted octanol–water partition coefficient (Wildman–Crippen LogP) is 0.137. The summed E-state index contributed by atoms with van der Waals surface area (Å²) in [5.41, 5.74) is 0. The van der Waals surface area contributed by atoms with Crippen LogP contribution in [0.3, 0.4) is 0 Å². The van der Waals surface area contributed by atoms with Gasteiger partial charge >= 0.3 is 63.1 Å². The zero-order chi connectivity index (χ0) is 7.11. The van der Waals surface area contributed by atoms with Gasteiger partial charge in [-0.15, -0.1) is 0 Å². The molecule has 2 nitrogen and oxygen atoms in total. The van der Waals surface area contributed by atoms with Crippen LogP contribution in [0.2, 0.25) is 5.32 Å². The first-order valence-electron chi connectivity index (χ1n) is 2.76. The van der Waals surface area contributed by atoms with E-state index < -0.39 is 0 Å². The third-order valence-corrected chi connectivity index (χ3v) is 1.55. The molecule has 0 fully saturated rings. The van der Waals surface area contributed by atoms with E-state index >= 15 is 0 Å². The molecule has 53 valence electrons. The van der Waals surface area contributed by atoms with Gasteiger partial charge in [-0.3, -0.25) is 0 Å². The molecule has 0 aliphatic heterocycles. The van der Waals surface area contributed by atoms with Crippen molar-refractivity contribution in [2.45, 2.75) is 11.4 Å². The summed E-state index contributed by atoms with van der Waals surface area (Å²) in [6, 6.07) is 0. The summed E-state index contributed by atoms with van der Waals surface area (Å²) < 4.78 is 4.95. The topological polar surface area (TPSA) is 29.5 Å². The predicted molar refractivity (Wildman–Crippen MR) is 37.6 cm³/mol. The van der Waals surface area contributed by atoms with Gasteiger partial charge in [0.15, 0.2) is 0 Å². The molecule has 0 saturated heterocycles. The van der Waals surface area contributed by atoms with E-state index in [9.17, 15) is 0 Å². The Kier molecular flexibility index (Phi) is 6.43. The summed E-state index contributed by atoms with van der Waals surface area (Å²) in [4.78, 5) is 0. The van der Waals surface area contributed by atoms with E-state index in [1.165, 1.54) is 0 Å². The van der Waals surface area contributed by atoms with Crippen LogP contribution in [0.1, 0.15) is 0 Å². The van der Waals surface area contributed by atoms with Gasteiger partial charge in [-0.25, -0.2) is 0 Å². The molecule has 0 spiro atoms. The number of rotatable bonds is 5. The number of ether oxygens (including phenoxy) is 1. The van der Waals surface area contributed by atoms with Crippen LogP contribution in [0.15, 0.2) is 12.7 Å². The first-order valence-corrected chi connectivity index (χ1v) is 3.97. The monoisotopic (exact) mass is 195 g/mol. The molecule has 0 aromatic heterocycles. The van der Waals surface area contributed by atoms with E-state index in [4.69, 9.17) is 9.84 Å². The Hall–Kier alpha value is 0.179. The van der Waals surface area contributed by atoms with Crippen LogP contribution in [0, 0.1) is 0 Å². The van der Waals surface area contributed by atoms with Crippen molar-refractivity contribution in [3.05, 3.63) is 12.7 Å². The molecule has 0 saturated carbocycles. The average Bonchev–Trinajstić information content (AvgIpc) is 1.89. The van der Waals surface area contributed by atoms with Crippen LogP contribution in [0.4, 0.5) is 0 Å². The zero-order valence-corrected chi connectivity index (χ0v) is 6.96. The van der Waals surface area contributed by atoms with Gasteiger partial charge in [0, 0.05) is 0 Å². The van der Waals surface area contributed by atoms with Crippen LogP contribution >= 0.6 is 0 Å². The zero-order valence-electron chi connectivity index (χ0n) is 5.25. The Balaban J connectivity index is 2.96. The molecule has 0 aromatic rings. The summed E-state index contributed by atoms with van der Waals surface area (Å²) in [5, 5.41) is 9.52. The van der Waals surface area contributed by atoms with Crippen molar-refractivity contribution in [1.29, 1.82) is 0 Å². The second-order valence-electron chi connectivity index (χ2n) is 1.65. The SMILES string of the molecule is C=CCOC[C@@H](O)C[Se]. The molecule has 1 atom stereocenters. The van der Waals surface area contributed by atoms with Gasteiger partial charge < -0.3 is 0 Å². The Morgan fingerprint density at radius 3 is 2.89 bits per heavy atom. The third kappa shape index (κ3) is 6.06. The number of hydrogen-bond donors (Lipinski definition) is 1. The van der Waals surface area contributed by atoms with Crippen molar-refractivity contribution in [3.8, 4) is 0 Å². The maximum absolute atomic E-state index is 8.89. The normalized spacial score (nSPS) is 13.1. The van der Waals surface area contributed by atoms with Crippen molar-refractivity contribution in [2.24, 2.45) is 0 Å². The quantitative estimate of drug-likeness (QED) is 0.383. The van der Waals surface area contributed by atoms with Crippen LogP contribution in [-0.2, 0) is 4.74 Å². The molecule has 0 aromatic carbocycles. The molecule has 1 radical (unpaired) electrons. The molecule has 0 aliphatic rings. The second kappa shape index (κ2) is 6.30. The first-order chi connectivity index (χ1) is 4.31. The van der Waals surface area contributed by atoms with Crippen molar-refractivity contribution in [2.75, 3.05) is 13.2 Å². The fourth-order valence-corrected chi connectivity index (χ4v) is 0.537. The second-order valence-corrected chi connectivity index (χ2v) is 2.35. The minimum absolute atomic E-state index is 0.370. The van der Waals surface area contributed by atoms with E-state index in [-0.39, 0.29) is 6.10 Å². The van der Waals surface area contributed by atoms with Crippen molar-refractivity contribution >= 4 is 16.0 Å². The van der Waals surface area contributed by atoms with E-state index in [1.54, 1.807) is 6.08 Å². The van der Waals surface area contributed by atoms with Crippen molar-refractivity contribution in [3.63, 3.8) is 0 Å². The number of hydrogen-bond acceptors (Lipinski definition) is 2. The van der Waals surface area contributed by atoms with Crippen molar-refractivity contribution < 1.29 is 9.84 Å². The van der Waals surface area contributed by atoms with E-state index in [2.05, 4.69) is 22.6 Å². The summed E-state index contributed by atoms with van der Waals surface area (Å²) in [7, 11) is 0. The summed E-state index contributed by atoms with van der Waals surface area (Å²) in [6.45, 7) is 4.37.